The van der Waals surface area contributed by atoms with Gasteiger partial charge < -0.3 is 29.2 Å². The summed E-state index contributed by atoms with van der Waals surface area (Å²) >= 11 is 0. The monoisotopic (exact) mass is 354 g/mol. The van der Waals surface area contributed by atoms with Crippen molar-refractivity contribution >= 4 is 24.0 Å². The number of hydrogen-bond donors (Lipinski definition) is 2. The van der Waals surface area contributed by atoms with E-state index in [-0.39, 0.29) is 17.2 Å². The topological polar surface area (TPSA) is 129 Å². The van der Waals surface area contributed by atoms with Gasteiger partial charge in [0, 0.05) is 6.08 Å². The van der Waals surface area contributed by atoms with Crippen LogP contribution in [-0.2, 0) is 23.9 Å². The van der Waals surface area contributed by atoms with Gasteiger partial charge in [0.15, 0.2) is 11.5 Å². The summed E-state index contributed by atoms with van der Waals surface area (Å²) in [4.78, 5) is 33.9. The van der Waals surface area contributed by atoms with Crippen molar-refractivity contribution in [2.24, 2.45) is 0 Å². The number of carboxylic acids is 1. The number of esters is 2. The molecule has 2 N–H and O–H groups in total. The molecule has 0 radical (unpaired) electrons. The van der Waals surface area contributed by atoms with Crippen molar-refractivity contribution in [2.75, 3.05) is 21.3 Å². The molecule has 0 saturated carbocycles. The Morgan fingerprint density at radius 3 is 2.12 bits per heavy atom. The number of carboxylic acid groups (broad SMARTS) is 1. The maximum atomic E-state index is 11.8. The van der Waals surface area contributed by atoms with E-state index in [1.807, 2.05) is 0 Å². The molecule has 0 aliphatic rings. The Morgan fingerprint density at radius 2 is 1.68 bits per heavy atom. The number of rotatable bonds is 8. The third-order valence-corrected chi connectivity index (χ3v) is 3.00. The van der Waals surface area contributed by atoms with Gasteiger partial charge in [0.1, 0.15) is 0 Å². The van der Waals surface area contributed by atoms with Crippen molar-refractivity contribution in [3.63, 3.8) is 0 Å². The maximum absolute atomic E-state index is 11.8. The van der Waals surface area contributed by atoms with E-state index in [1.165, 1.54) is 32.4 Å². The summed E-state index contributed by atoms with van der Waals surface area (Å²) in [5.74, 6) is -3.17. The van der Waals surface area contributed by atoms with Gasteiger partial charge in [0.05, 0.1) is 27.8 Å². The number of phenols is 1. The molecule has 0 aliphatic carbocycles. The molecule has 0 saturated heterocycles. The van der Waals surface area contributed by atoms with Crippen molar-refractivity contribution in [2.45, 2.75) is 12.5 Å². The molecule has 1 atom stereocenters. The molecule has 1 aromatic carbocycles. The summed E-state index contributed by atoms with van der Waals surface area (Å²) < 4.78 is 19.1. The molecule has 9 nitrogen and oxygen atoms in total. The molecule has 0 bridgehead atoms. The molecule has 0 spiro atoms. The molecule has 0 aliphatic heterocycles. The van der Waals surface area contributed by atoms with Gasteiger partial charge in [0.25, 0.3) is 0 Å². The van der Waals surface area contributed by atoms with Gasteiger partial charge in [-0.05, 0) is 23.8 Å². The lowest BCUT2D eigenvalue weighted by molar-refractivity contribution is -0.166. The van der Waals surface area contributed by atoms with E-state index in [1.54, 1.807) is 0 Å². The average Bonchev–Trinajstić information content (AvgIpc) is 2.58. The van der Waals surface area contributed by atoms with Crippen molar-refractivity contribution < 1.29 is 43.5 Å². The zero-order chi connectivity index (χ0) is 19.0. The molecule has 0 amide bonds. The largest absolute Gasteiger partial charge is 0.502 e. The number of hydrogen-bond acceptors (Lipinski definition) is 8. The number of carbonyl (C=O) groups is 3. The summed E-state index contributed by atoms with van der Waals surface area (Å²) in [5, 5.41) is 18.5. The van der Waals surface area contributed by atoms with E-state index in [4.69, 9.17) is 19.3 Å². The first kappa shape index (κ1) is 19.8. The quantitative estimate of drug-likeness (QED) is 0.518. The third kappa shape index (κ3) is 5.72. The van der Waals surface area contributed by atoms with Crippen LogP contribution in [0.25, 0.3) is 6.08 Å². The fraction of sp³-hybridized carbons (Fsp3) is 0.312. The minimum absolute atomic E-state index is 0.130. The van der Waals surface area contributed by atoms with Gasteiger partial charge in [-0.2, -0.15) is 0 Å². The fourth-order valence-corrected chi connectivity index (χ4v) is 1.82. The second-order valence-electron chi connectivity index (χ2n) is 4.65. The van der Waals surface area contributed by atoms with Gasteiger partial charge in [-0.1, -0.05) is 0 Å². The number of carbonyl (C=O) groups excluding carboxylic acids is 2. The van der Waals surface area contributed by atoms with Crippen molar-refractivity contribution in [1.29, 1.82) is 0 Å². The highest BCUT2D eigenvalue weighted by Crippen LogP contribution is 2.37. The predicted octanol–water partition coefficient (Wildman–Crippen LogP) is 0.982. The van der Waals surface area contributed by atoms with Gasteiger partial charge >= 0.3 is 17.9 Å². The smallest absolute Gasteiger partial charge is 0.347 e. The van der Waals surface area contributed by atoms with Crippen LogP contribution in [0.15, 0.2) is 18.2 Å². The number of methoxy groups -OCH3 is 3. The van der Waals surface area contributed by atoms with Crippen LogP contribution in [0, 0.1) is 0 Å². The van der Waals surface area contributed by atoms with Crippen molar-refractivity contribution in [1.82, 2.24) is 0 Å². The molecule has 0 aromatic heterocycles. The number of ether oxygens (including phenoxy) is 4. The molecule has 0 fully saturated rings. The fourth-order valence-electron chi connectivity index (χ4n) is 1.82. The van der Waals surface area contributed by atoms with Crippen LogP contribution < -0.4 is 9.47 Å². The first-order chi connectivity index (χ1) is 11.8. The zero-order valence-electron chi connectivity index (χ0n) is 13.8. The lowest BCUT2D eigenvalue weighted by Gasteiger charge is -2.12. The highest BCUT2D eigenvalue weighted by molar-refractivity contribution is 5.90. The van der Waals surface area contributed by atoms with Gasteiger partial charge in [0.2, 0.25) is 11.9 Å². The molecule has 25 heavy (non-hydrogen) atoms. The van der Waals surface area contributed by atoms with Crippen LogP contribution >= 0.6 is 0 Å². The Bertz CT molecular complexity index is 653. The number of benzene rings is 1. The summed E-state index contributed by atoms with van der Waals surface area (Å²) in [6, 6.07) is 2.88. The minimum Gasteiger partial charge on any atom is -0.502 e. The molecule has 1 rings (SSSR count). The highest BCUT2D eigenvalue weighted by atomic mass is 16.6. The Hall–Kier alpha value is -3.23. The van der Waals surface area contributed by atoms with Gasteiger partial charge in [-0.25, -0.2) is 9.59 Å². The molecule has 1 aromatic rings. The Kier molecular flexibility index (Phi) is 7.26. The average molecular weight is 354 g/mol. The lowest BCUT2D eigenvalue weighted by Crippen LogP contribution is -2.30. The van der Waals surface area contributed by atoms with Gasteiger partial charge in [-0.15, -0.1) is 0 Å². The van der Waals surface area contributed by atoms with Crippen LogP contribution in [0.5, 0.6) is 17.2 Å². The molecular formula is C16H18O9. The summed E-state index contributed by atoms with van der Waals surface area (Å²) in [6.07, 6.45) is 0.0430. The van der Waals surface area contributed by atoms with E-state index in [9.17, 15) is 19.5 Å². The van der Waals surface area contributed by atoms with Crippen LogP contribution in [-0.4, -0.2) is 55.6 Å². The van der Waals surface area contributed by atoms with Gasteiger partial charge in [-0.3, -0.25) is 4.79 Å². The van der Waals surface area contributed by atoms with Crippen molar-refractivity contribution in [3.05, 3.63) is 23.8 Å². The number of phenolic OH excluding ortho intramolecular Hbond substituents is 1. The second-order valence-corrected chi connectivity index (χ2v) is 4.65. The molecule has 1 unspecified atom stereocenters. The van der Waals surface area contributed by atoms with E-state index in [0.717, 1.165) is 13.2 Å². The Morgan fingerprint density at radius 1 is 1.12 bits per heavy atom. The first-order valence-electron chi connectivity index (χ1n) is 6.95. The minimum atomic E-state index is -1.55. The predicted molar refractivity (Wildman–Crippen MR) is 84.4 cm³/mol. The molecular weight excluding hydrogens is 336 g/mol. The summed E-state index contributed by atoms with van der Waals surface area (Å²) in [6.45, 7) is 0. The van der Waals surface area contributed by atoms with E-state index in [0.29, 0.717) is 5.56 Å². The molecule has 0 heterocycles. The first-order valence-corrected chi connectivity index (χ1v) is 6.95. The van der Waals surface area contributed by atoms with Crippen molar-refractivity contribution in [3.8, 4) is 17.2 Å². The number of aliphatic carboxylic acids is 1. The lowest BCUT2D eigenvalue weighted by atomic mass is 10.1. The molecule has 9 heteroatoms. The van der Waals surface area contributed by atoms with E-state index >= 15 is 0 Å². The standard InChI is InChI=1S/C16H18O9/c1-22-10-6-9(7-11(23-2)15(10)20)4-5-14(19)25-12(8-13(17)18)16(21)24-3/h4-7,12,20H,8H2,1-3H3,(H,17,18)/b5-4+. The van der Waals surface area contributed by atoms with Crippen LogP contribution in [0.2, 0.25) is 0 Å². The highest BCUT2D eigenvalue weighted by Gasteiger charge is 2.26. The molecule has 136 valence electrons. The Balaban J connectivity index is 2.91. The summed E-state index contributed by atoms with van der Waals surface area (Å²) in [7, 11) is 3.75. The van der Waals surface area contributed by atoms with Crippen LogP contribution in [0.1, 0.15) is 12.0 Å². The maximum Gasteiger partial charge on any atom is 0.347 e. The second kappa shape index (κ2) is 9.16. The Labute approximate surface area is 143 Å². The van der Waals surface area contributed by atoms with E-state index < -0.39 is 30.4 Å². The number of aromatic hydroxyl groups is 1. The normalized spacial score (nSPS) is 11.6. The van der Waals surface area contributed by atoms with Crippen LogP contribution in [0.4, 0.5) is 0 Å². The third-order valence-electron chi connectivity index (χ3n) is 3.00. The SMILES string of the molecule is COC(=O)C(CC(=O)O)OC(=O)/C=C/c1cc(OC)c(O)c(OC)c1. The summed E-state index contributed by atoms with van der Waals surface area (Å²) in [5.41, 5.74) is 0.441. The zero-order valence-corrected chi connectivity index (χ0v) is 13.8. The van der Waals surface area contributed by atoms with E-state index in [2.05, 4.69) is 4.74 Å². The van der Waals surface area contributed by atoms with Crippen LogP contribution in [0.3, 0.4) is 0 Å².